The van der Waals surface area contributed by atoms with Gasteiger partial charge in [0.15, 0.2) is 0 Å². The van der Waals surface area contributed by atoms with Gasteiger partial charge in [-0.1, -0.05) is 36.0 Å². The number of hydrogen-bond donors (Lipinski definition) is 1. The minimum absolute atomic E-state index is 0.540. The molecule has 2 nitrogen and oxygen atoms in total. The fourth-order valence-electron chi connectivity index (χ4n) is 2.26. The van der Waals surface area contributed by atoms with Crippen LogP contribution in [-0.4, -0.2) is 19.2 Å². The van der Waals surface area contributed by atoms with Gasteiger partial charge < -0.3 is 10.1 Å². The summed E-state index contributed by atoms with van der Waals surface area (Å²) in [5.74, 6) is 0.783. The van der Waals surface area contributed by atoms with Crippen LogP contribution in [0.25, 0.3) is 0 Å². The van der Waals surface area contributed by atoms with Gasteiger partial charge in [0.25, 0.3) is 0 Å². The highest BCUT2D eigenvalue weighted by atomic mass is 35.5. The van der Waals surface area contributed by atoms with Crippen LogP contribution < -0.4 is 10.1 Å². The van der Waals surface area contributed by atoms with Gasteiger partial charge in [-0.05, 0) is 37.9 Å². The Morgan fingerprint density at radius 1 is 1.17 bits per heavy atom. The van der Waals surface area contributed by atoms with Crippen molar-refractivity contribution in [2.24, 2.45) is 0 Å². The summed E-state index contributed by atoms with van der Waals surface area (Å²) in [6.45, 7) is 1.73. The Bertz CT molecular complexity index is 378. The van der Waals surface area contributed by atoms with E-state index in [-0.39, 0.29) is 0 Å². The minimum Gasteiger partial charge on any atom is -0.493 e. The van der Waals surface area contributed by atoms with Gasteiger partial charge in [-0.3, -0.25) is 0 Å². The van der Waals surface area contributed by atoms with E-state index in [1.807, 2.05) is 6.07 Å². The molecule has 0 aliphatic heterocycles. The van der Waals surface area contributed by atoms with Crippen LogP contribution >= 0.6 is 23.2 Å². The molecule has 1 aromatic rings. The molecule has 0 heterocycles. The molecule has 18 heavy (non-hydrogen) atoms. The molecule has 0 spiro atoms. The normalized spacial score (nSPS) is 16.1. The lowest BCUT2D eigenvalue weighted by atomic mass is 10.2. The first-order chi connectivity index (χ1) is 8.75. The fraction of sp³-hybridized carbons (Fsp3) is 0.571. The molecule has 0 atom stereocenters. The van der Waals surface area contributed by atoms with Crippen LogP contribution in [0.5, 0.6) is 5.75 Å². The summed E-state index contributed by atoms with van der Waals surface area (Å²) < 4.78 is 5.62. The molecular weight excluding hydrogens is 269 g/mol. The third-order valence-electron chi connectivity index (χ3n) is 3.27. The van der Waals surface area contributed by atoms with Gasteiger partial charge in [0.1, 0.15) is 5.75 Å². The van der Waals surface area contributed by atoms with E-state index in [1.54, 1.807) is 12.1 Å². The SMILES string of the molecule is Clc1ccc(OCCCNC2CCCC2)cc1Cl. The molecule has 0 saturated heterocycles. The van der Waals surface area contributed by atoms with Gasteiger partial charge in [-0.15, -0.1) is 0 Å². The third kappa shape index (κ3) is 4.34. The van der Waals surface area contributed by atoms with Crippen LogP contribution in [0.3, 0.4) is 0 Å². The smallest absolute Gasteiger partial charge is 0.120 e. The Kier molecular flexibility index (Phi) is 5.61. The molecule has 1 aliphatic carbocycles. The topological polar surface area (TPSA) is 21.3 Å². The summed E-state index contributed by atoms with van der Waals surface area (Å²) in [7, 11) is 0. The Balaban J connectivity index is 1.61. The van der Waals surface area contributed by atoms with Crippen molar-refractivity contribution in [3.05, 3.63) is 28.2 Å². The zero-order valence-corrected chi connectivity index (χ0v) is 11.9. The molecule has 1 N–H and O–H groups in total. The Labute approximate surface area is 119 Å². The average molecular weight is 288 g/mol. The summed E-state index contributed by atoms with van der Waals surface area (Å²) >= 11 is 11.8. The van der Waals surface area contributed by atoms with E-state index in [9.17, 15) is 0 Å². The Hall–Kier alpha value is -0.440. The van der Waals surface area contributed by atoms with E-state index in [0.717, 1.165) is 24.8 Å². The minimum atomic E-state index is 0.540. The number of hydrogen-bond acceptors (Lipinski definition) is 2. The van der Waals surface area contributed by atoms with Crippen molar-refractivity contribution in [2.45, 2.75) is 38.1 Å². The maximum atomic E-state index is 5.92. The lowest BCUT2D eigenvalue weighted by Crippen LogP contribution is -2.27. The molecule has 1 aromatic carbocycles. The van der Waals surface area contributed by atoms with Crippen LogP contribution in [-0.2, 0) is 0 Å². The van der Waals surface area contributed by atoms with E-state index in [4.69, 9.17) is 27.9 Å². The van der Waals surface area contributed by atoms with Crippen molar-refractivity contribution in [1.82, 2.24) is 5.32 Å². The van der Waals surface area contributed by atoms with E-state index < -0.39 is 0 Å². The molecule has 0 radical (unpaired) electrons. The zero-order valence-electron chi connectivity index (χ0n) is 10.4. The molecule has 1 saturated carbocycles. The second kappa shape index (κ2) is 7.22. The van der Waals surface area contributed by atoms with Gasteiger partial charge in [0, 0.05) is 12.1 Å². The zero-order chi connectivity index (χ0) is 12.8. The lowest BCUT2D eigenvalue weighted by molar-refractivity contribution is 0.305. The third-order valence-corrected chi connectivity index (χ3v) is 4.01. The summed E-state index contributed by atoms with van der Waals surface area (Å²) in [6, 6.07) is 6.10. The molecule has 1 fully saturated rings. The van der Waals surface area contributed by atoms with Crippen LogP contribution in [0.15, 0.2) is 18.2 Å². The second-order valence-electron chi connectivity index (χ2n) is 4.71. The number of benzene rings is 1. The van der Waals surface area contributed by atoms with E-state index >= 15 is 0 Å². The molecule has 100 valence electrons. The standard InChI is InChI=1S/C14H19Cl2NO/c15-13-7-6-12(10-14(13)16)18-9-3-8-17-11-4-1-2-5-11/h6-7,10-11,17H,1-5,8-9H2. The number of ether oxygens (including phenoxy) is 1. The molecule has 1 aliphatic rings. The molecule has 0 unspecified atom stereocenters. The maximum absolute atomic E-state index is 5.92. The van der Waals surface area contributed by atoms with E-state index in [1.165, 1.54) is 25.7 Å². The van der Waals surface area contributed by atoms with Crippen LogP contribution in [0.2, 0.25) is 10.0 Å². The largest absolute Gasteiger partial charge is 0.493 e. The van der Waals surface area contributed by atoms with Gasteiger partial charge >= 0.3 is 0 Å². The predicted molar refractivity (Wildman–Crippen MR) is 76.8 cm³/mol. The van der Waals surface area contributed by atoms with Gasteiger partial charge in [0.2, 0.25) is 0 Å². The second-order valence-corrected chi connectivity index (χ2v) is 5.53. The van der Waals surface area contributed by atoms with Crippen LogP contribution in [0, 0.1) is 0 Å². The fourth-order valence-corrected chi connectivity index (χ4v) is 2.55. The van der Waals surface area contributed by atoms with Gasteiger partial charge in [-0.2, -0.15) is 0 Å². The van der Waals surface area contributed by atoms with E-state index in [2.05, 4.69) is 5.32 Å². The summed E-state index contributed by atoms with van der Waals surface area (Å²) in [5.41, 5.74) is 0. The predicted octanol–water partition coefficient (Wildman–Crippen LogP) is 4.29. The Morgan fingerprint density at radius 2 is 1.94 bits per heavy atom. The van der Waals surface area contributed by atoms with Crippen molar-refractivity contribution in [3.8, 4) is 5.75 Å². The monoisotopic (exact) mass is 287 g/mol. The van der Waals surface area contributed by atoms with Crippen molar-refractivity contribution >= 4 is 23.2 Å². The first kappa shape index (κ1) is 14.0. The summed E-state index contributed by atoms with van der Waals surface area (Å²) in [6.07, 6.45) is 6.41. The molecule has 4 heteroatoms. The highest BCUT2D eigenvalue weighted by molar-refractivity contribution is 6.42. The molecule has 0 aromatic heterocycles. The highest BCUT2D eigenvalue weighted by Crippen LogP contribution is 2.26. The first-order valence-corrected chi connectivity index (χ1v) is 7.32. The number of rotatable bonds is 6. The first-order valence-electron chi connectivity index (χ1n) is 6.57. The van der Waals surface area contributed by atoms with E-state index in [0.29, 0.717) is 16.7 Å². The quantitative estimate of drug-likeness (QED) is 0.788. The summed E-state index contributed by atoms with van der Waals surface area (Å²) in [4.78, 5) is 0. The summed E-state index contributed by atoms with van der Waals surface area (Å²) in [5, 5.41) is 4.66. The van der Waals surface area contributed by atoms with Gasteiger partial charge in [0.05, 0.1) is 16.7 Å². The average Bonchev–Trinajstić information content (AvgIpc) is 2.86. The highest BCUT2D eigenvalue weighted by Gasteiger charge is 2.13. The molecule has 2 rings (SSSR count). The van der Waals surface area contributed by atoms with Crippen molar-refractivity contribution < 1.29 is 4.74 Å². The van der Waals surface area contributed by atoms with Crippen molar-refractivity contribution in [1.29, 1.82) is 0 Å². The maximum Gasteiger partial charge on any atom is 0.120 e. The Morgan fingerprint density at radius 3 is 2.67 bits per heavy atom. The van der Waals surface area contributed by atoms with Crippen LogP contribution in [0.4, 0.5) is 0 Å². The van der Waals surface area contributed by atoms with Crippen molar-refractivity contribution in [2.75, 3.05) is 13.2 Å². The molecule has 0 amide bonds. The number of halogens is 2. The van der Waals surface area contributed by atoms with Crippen molar-refractivity contribution in [3.63, 3.8) is 0 Å². The van der Waals surface area contributed by atoms with Gasteiger partial charge in [-0.25, -0.2) is 0 Å². The molecule has 0 bridgehead atoms. The lowest BCUT2D eigenvalue weighted by Gasteiger charge is -2.12. The molecular formula is C14H19Cl2NO. The number of nitrogens with one attached hydrogen (secondary N) is 1. The van der Waals surface area contributed by atoms with Crippen LogP contribution in [0.1, 0.15) is 32.1 Å².